The summed E-state index contributed by atoms with van der Waals surface area (Å²) in [5, 5.41) is 8.24. The molecule has 0 saturated heterocycles. The van der Waals surface area contributed by atoms with Crippen LogP contribution in [0, 0.1) is 6.92 Å². The molecule has 0 aliphatic rings. The first-order chi connectivity index (χ1) is 10.5. The minimum Gasteiger partial charge on any atom is -0.365 e. The van der Waals surface area contributed by atoms with Crippen LogP contribution in [0.25, 0.3) is 5.65 Å². The van der Waals surface area contributed by atoms with E-state index in [2.05, 4.69) is 15.4 Å². The number of carbonyl (C=O) groups excluding carboxylic acids is 1. The molecule has 0 saturated carbocycles. The number of nitrogens with zero attached hydrogens (tertiary/aromatic N) is 3. The molecule has 8 heteroatoms. The molecule has 0 atom stereocenters. The number of hydrogen-bond donors (Lipinski definition) is 2. The average Bonchev–Trinajstić information content (AvgIpc) is 2.80. The largest absolute Gasteiger partial charge is 0.365 e. The van der Waals surface area contributed by atoms with Crippen molar-refractivity contribution in [3.8, 4) is 0 Å². The van der Waals surface area contributed by atoms with Crippen LogP contribution >= 0.6 is 23.2 Å². The van der Waals surface area contributed by atoms with E-state index in [0.29, 0.717) is 27.2 Å². The molecule has 2 aromatic heterocycles. The summed E-state index contributed by atoms with van der Waals surface area (Å²) in [5.41, 5.74) is 7.74. The summed E-state index contributed by atoms with van der Waals surface area (Å²) in [5.74, 6) is -0.206. The van der Waals surface area contributed by atoms with Crippen LogP contribution in [0.4, 0.5) is 11.5 Å². The Morgan fingerprint density at radius 3 is 2.55 bits per heavy atom. The molecule has 0 aliphatic heterocycles. The van der Waals surface area contributed by atoms with Crippen molar-refractivity contribution in [1.29, 1.82) is 0 Å². The van der Waals surface area contributed by atoms with Gasteiger partial charge in [0.05, 0.1) is 6.20 Å². The predicted octanol–water partition coefficient (Wildman–Crippen LogP) is 3.19. The van der Waals surface area contributed by atoms with Crippen molar-refractivity contribution in [2.24, 2.45) is 5.73 Å². The number of benzene rings is 1. The monoisotopic (exact) mass is 335 g/mol. The number of primary amides is 1. The molecule has 3 aromatic rings. The number of nitrogens with one attached hydrogen (secondary N) is 1. The van der Waals surface area contributed by atoms with E-state index in [4.69, 9.17) is 28.9 Å². The smallest absolute Gasteiger partial charge is 0.254 e. The van der Waals surface area contributed by atoms with Crippen LogP contribution < -0.4 is 11.1 Å². The van der Waals surface area contributed by atoms with E-state index >= 15 is 0 Å². The van der Waals surface area contributed by atoms with Gasteiger partial charge in [-0.25, -0.2) is 4.98 Å². The standard InChI is InChI=1S/C14H11Cl2N5O/c1-7-5-19-21-13(7)18-6-11(12(17)22)14(21)20-10-3-8(15)2-9(16)4-10/h2-6,20H,1H3,(H2,17,22). The van der Waals surface area contributed by atoms with Crippen molar-refractivity contribution in [1.82, 2.24) is 14.6 Å². The third-order valence-corrected chi connectivity index (χ3v) is 3.53. The van der Waals surface area contributed by atoms with Crippen molar-refractivity contribution in [2.75, 3.05) is 5.32 Å². The van der Waals surface area contributed by atoms with E-state index in [1.54, 1.807) is 24.4 Å². The molecule has 6 nitrogen and oxygen atoms in total. The second-order valence-electron chi connectivity index (χ2n) is 4.73. The van der Waals surface area contributed by atoms with Crippen LogP contribution in [0.15, 0.2) is 30.6 Å². The van der Waals surface area contributed by atoms with Crippen LogP contribution in [0.1, 0.15) is 15.9 Å². The van der Waals surface area contributed by atoms with Gasteiger partial charge in [0, 0.05) is 27.5 Å². The summed E-state index contributed by atoms with van der Waals surface area (Å²) in [7, 11) is 0. The van der Waals surface area contributed by atoms with Crippen LogP contribution in [-0.2, 0) is 0 Å². The Hall–Kier alpha value is -2.31. The number of aryl methyl sites for hydroxylation is 1. The van der Waals surface area contributed by atoms with Gasteiger partial charge < -0.3 is 11.1 Å². The average molecular weight is 336 g/mol. The first kappa shape index (κ1) is 14.6. The molecule has 0 unspecified atom stereocenters. The van der Waals surface area contributed by atoms with Crippen molar-refractivity contribution in [3.05, 3.63) is 51.8 Å². The maximum atomic E-state index is 11.6. The van der Waals surface area contributed by atoms with Crippen molar-refractivity contribution < 1.29 is 4.79 Å². The number of halogens is 2. The fraction of sp³-hybridized carbons (Fsp3) is 0.0714. The number of amides is 1. The quantitative estimate of drug-likeness (QED) is 0.769. The lowest BCUT2D eigenvalue weighted by Gasteiger charge is -2.12. The van der Waals surface area contributed by atoms with Gasteiger partial charge in [0.25, 0.3) is 5.91 Å². The first-order valence-corrected chi connectivity index (χ1v) is 7.07. The molecule has 22 heavy (non-hydrogen) atoms. The molecule has 0 aliphatic carbocycles. The van der Waals surface area contributed by atoms with Gasteiger partial charge in [-0.05, 0) is 25.1 Å². The first-order valence-electron chi connectivity index (χ1n) is 6.32. The highest BCUT2D eigenvalue weighted by molar-refractivity contribution is 6.35. The highest BCUT2D eigenvalue weighted by Crippen LogP contribution is 2.27. The van der Waals surface area contributed by atoms with Crippen molar-refractivity contribution >= 4 is 46.3 Å². The molecular weight excluding hydrogens is 325 g/mol. The van der Waals surface area contributed by atoms with Gasteiger partial charge in [-0.2, -0.15) is 9.61 Å². The SMILES string of the molecule is Cc1cnn2c(Nc3cc(Cl)cc(Cl)c3)c(C(N)=O)cnc12. The van der Waals surface area contributed by atoms with Crippen LogP contribution in [0.5, 0.6) is 0 Å². The summed E-state index contributed by atoms with van der Waals surface area (Å²) < 4.78 is 1.52. The van der Waals surface area contributed by atoms with Gasteiger partial charge >= 0.3 is 0 Å². The molecule has 112 valence electrons. The van der Waals surface area contributed by atoms with Gasteiger partial charge in [0.1, 0.15) is 11.4 Å². The summed E-state index contributed by atoms with van der Waals surface area (Å²) in [6.07, 6.45) is 3.07. The number of hydrogen-bond acceptors (Lipinski definition) is 4. The third kappa shape index (κ3) is 2.58. The zero-order valence-electron chi connectivity index (χ0n) is 11.5. The Morgan fingerprint density at radius 1 is 1.23 bits per heavy atom. The Labute approximate surface area is 135 Å². The maximum absolute atomic E-state index is 11.6. The second-order valence-corrected chi connectivity index (χ2v) is 5.60. The van der Waals surface area contributed by atoms with Gasteiger partial charge in [0.2, 0.25) is 0 Å². The molecule has 1 amide bonds. The Balaban J connectivity index is 2.19. The molecule has 3 N–H and O–H groups in total. The van der Waals surface area contributed by atoms with Crippen molar-refractivity contribution in [3.63, 3.8) is 0 Å². The molecular formula is C14H11Cl2N5O. The highest BCUT2D eigenvalue weighted by Gasteiger charge is 2.16. The third-order valence-electron chi connectivity index (χ3n) is 3.09. The van der Waals surface area contributed by atoms with E-state index in [0.717, 1.165) is 5.56 Å². The number of fused-ring (bicyclic) bond motifs is 1. The maximum Gasteiger partial charge on any atom is 0.254 e. The lowest BCUT2D eigenvalue weighted by molar-refractivity contribution is 0.100. The lowest BCUT2D eigenvalue weighted by Crippen LogP contribution is -2.16. The summed E-state index contributed by atoms with van der Waals surface area (Å²) in [6.45, 7) is 1.87. The summed E-state index contributed by atoms with van der Waals surface area (Å²) >= 11 is 12.0. The molecule has 2 heterocycles. The minimum atomic E-state index is -0.613. The molecule has 0 spiro atoms. The number of carbonyl (C=O) groups is 1. The lowest BCUT2D eigenvalue weighted by atomic mass is 10.2. The number of nitrogens with two attached hydrogens (primary N) is 1. The highest BCUT2D eigenvalue weighted by atomic mass is 35.5. The molecule has 0 bridgehead atoms. The second kappa shape index (κ2) is 5.47. The zero-order chi connectivity index (χ0) is 15.9. The van der Waals surface area contributed by atoms with Crippen LogP contribution in [-0.4, -0.2) is 20.5 Å². The number of rotatable bonds is 3. The molecule has 1 aromatic carbocycles. The molecule has 0 radical (unpaired) electrons. The van der Waals surface area contributed by atoms with E-state index < -0.39 is 5.91 Å². The zero-order valence-corrected chi connectivity index (χ0v) is 13.0. The predicted molar refractivity (Wildman–Crippen MR) is 86.0 cm³/mol. The van der Waals surface area contributed by atoms with E-state index in [-0.39, 0.29) is 5.56 Å². The van der Waals surface area contributed by atoms with E-state index in [1.807, 2.05) is 6.92 Å². The number of anilines is 2. The van der Waals surface area contributed by atoms with E-state index in [9.17, 15) is 4.79 Å². The molecule has 3 rings (SSSR count). The minimum absolute atomic E-state index is 0.215. The fourth-order valence-corrected chi connectivity index (χ4v) is 2.63. The van der Waals surface area contributed by atoms with Crippen molar-refractivity contribution in [2.45, 2.75) is 6.92 Å². The summed E-state index contributed by atoms with van der Waals surface area (Å²) in [4.78, 5) is 15.9. The molecule has 0 fully saturated rings. The normalized spacial score (nSPS) is 10.9. The van der Waals surface area contributed by atoms with E-state index in [1.165, 1.54) is 10.7 Å². The van der Waals surface area contributed by atoms with Crippen LogP contribution in [0.3, 0.4) is 0 Å². The fourth-order valence-electron chi connectivity index (χ4n) is 2.11. The van der Waals surface area contributed by atoms with Gasteiger partial charge in [-0.1, -0.05) is 23.2 Å². The van der Waals surface area contributed by atoms with Gasteiger partial charge in [-0.3, -0.25) is 4.79 Å². The Morgan fingerprint density at radius 2 is 1.91 bits per heavy atom. The Bertz CT molecular complexity index is 870. The Kier molecular flexibility index (Phi) is 3.64. The topological polar surface area (TPSA) is 85.3 Å². The van der Waals surface area contributed by atoms with Gasteiger partial charge in [0.15, 0.2) is 5.65 Å². The summed E-state index contributed by atoms with van der Waals surface area (Å²) in [6, 6.07) is 4.98. The van der Waals surface area contributed by atoms with Crippen LogP contribution in [0.2, 0.25) is 10.0 Å². The number of aromatic nitrogens is 3. The van der Waals surface area contributed by atoms with Gasteiger partial charge in [-0.15, -0.1) is 0 Å².